The third-order valence-corrected chi connectivity index (χ3v) is 2.19. The Morgan fingerprint density at radius 1 is 1.00 bits per heavy atom. The van der Waals surface area contributed by atoms with Crippen molar-refractivity contribution in [1.29, 1.82) is 0 Å². The second-order valence-corrected chi connectivity index (χ2v) is 3.13. The summed E-state index contributed by atoms with van der Waals surface area (Å²) in [7, 11) is 0. The molecule has 0 atom stereocenters. The third-order valence-electron chi connectivity index (χ3n) is 2.19. The predicted molar refractivity (Wildman–Crippen MR) is 54.7 cm³/mol. The van der Waals surface area contributed by atoms with E-state index in [0.717, 1.165) is 11.3 Å². The predicted octanol–water partition coefficient (Wildman–Crippen LogP) is 1.32. The molecule has 2 heterocycles. The number of benzene rings is 1. The van der Waals surface area contributed by atoms with E-state index in [2.05, 4.69) is 20.4 Å². The van der Waals surface area contributed by atoms with Gasteiger partial charge in [-0.3, -0.25) is 4.57 Å². The average Bonchev–Trinajstić information content (AvgIpc) is 3.03. The van der Waals surface area contributed by atoms with Crippen molar-refractivity contribution in [3.8, 4) is 17.1 Å². The van der Waals surface area contributed by atoms with Gasteiger partial charge in [0, 0.05) is 0 Å². The van der Waals surface area contributed by atoms with Gasteiger partial charge in [-0.15, -0.1) is 20.4 Å². The zero-order valence-corrected chi connectivity index (χ0v) is 8.19. The molecule has 6 heteroatoms. The van der Waals surface area contributed by atoms with Crippen LogP contribution in [0.3, 0.4) is 0 Å². The van der Waals surface area contributed by atoms with Gasteiger partial charge in [-0.1, -0.05) is 12.1 Å². The van der Waals surface area contributed by atoms with Crippen molar-refractivity contribution in [3.63, 3.8) is 0 Å². The van der Waals surface area contributed by atoms with Crippen LogP contribution in [0.15, 0.2) is 47.7 Å². The molecule has 0 aliphatic rings. The first-order valence-corrected chi connectivity index (χ1v) is 4.66. The molecule has 2 aromatic heterocycles. The zero-order chi connectivity index (χ0) is 10.8. The van der Waals surface area contributed by atoms with Gasteiger partial charge in [-0.05, 0) is 12.1 Å². The molecule has 6 nitrogen and oxygen atoms in total. The van der Waals surface area contributed by atoms with Gasteiger partial charge < -0.3 is 4.42 Å². The molecule has 0 aliphatic heterocycles. The van der Waals surface area contributed by atoms with Gasteiger partial charge in [0.1, 0.15) is 12.7 Å². The van der Waals surface area contributed by atoms with Crippen LogP contribution in [0.2, 0.25) is 0 Å². The summed E-state index contributed by atoms with van der Waals surface area (Å²) in [5, 5.41) is 15.1. The molecule has 0 radical (unpaired) electrons. The molecule has 3 rings (SSSR count). The van der Waals surface area contributed by atoms with E-state index in [9.17, 15) is 0 Å². The van der Waals surface area contributed by atoms with Gasteiger partial charge in [-0.2, -0.15) is 0 Å². The summed E-state index contributed by atoms with van der Waals surface area (Å²) in [4.78, 5) is 0. The first-order chi connectivity index (χ1) is 7.95. The Kier molecular flexibility index (Phi) is 1.96. The summed E-state index contributed by atoms with van der Waals surface area (Å²) in [5.41, 5.74) is 1.75. The molecule has 0 unspecified atom stereocenters. The Labute approximate surface area is 90.6 Å². The largest absolute Gasteiger partial charge is 0.423 e. The van der Waals surface area contributed by atoms with Gasteiger partial charge in [-0.25, -0.2) is 0 Å². The van der Waals surface area contributed by atoms with E-state index < -0.39 is 0 Å². The number of rotatable bonds is 2. The smallest absolute Gasteiger partial charge is 0.249 e. The Balaban J connectivity index is 2.19. The van der Waals surface area contributed by atoms with Crippen LogP contribution >= 0.6 is 0 Å². The molecule has 0 aliphatic carbocycles. The zero-order valence-electron chi connectivity index (χ0n) is 8.19. The molecule has 3 aromatic rings. The summed E-state index contributed by atoms with van der Waals surface area (Å²) in [6.45, 7) is 0. The van der Waals surface area contributed by atoms with Crippen LogP contribution in [0.25, 0.3) is 17.1 Å². The molecule has 0 saturated heterocycles. The maximum Gasteiger partial charge on any atom is 0.249 e. The molecule has 78 valence electrons. The van der Waals surface area contributed by atoms with Crippen molar-refractivity contribution < 1.29 is 4.42 Å². The Morgan fingerprint density at radius 2 is 1.81 bits per heavy atom. The fraction of sp³-hybridized carbons (Fsp3) is 0. The van der Waals surface area contributed by atoms with Crippen LogP contribution in [-0.4, -0.2) is 25.0 Å². The number of hydrogen-bond acceptors (Lipinski definition) is 5. The van der Waals surface area contributed by atoms with Crippen LogP contribution in [0.1, 0.15) is 0 Å². The minimum atomic E-state index is 0.476. The molecule has 0 amide bonds. The van der Waals surface area contributed by atoms with Crippen LogP contribution in [0.5, 0.6) is 0 Å². The highest BCUT2D eigenvalue weighted by Crippen LogP contribution is 2.23. The summed E-state index contributed by atoms with van der Waals surface area (Å²) in [6, 6.07) is 7.67. The van der Waals surface area contributed by atoms with Crippen LogP contribution in [0, 0.1) is 0 Å². The normalized spacial score (nSPS) is 10.5. The van der Waals surface area contributed by atoms with Crippen LogP contribution in [0.4, 0.5) is 0 Å². The molecule has 0 saturated carbocycles. The lowest BCUT2D eigenvalue weighted by molar-refractivity contribution is 0.568. The van der Waals surface area contributed by atoms with Gasteiger partial charge in [0.25, 0.3) is 0 Å². The highest BCUT2D eigenvalue weighted by atomic mass is 16.4. The quantitative estimate of drug-likeness (QED) is 0.642. The standard InChI is InChI=1S/C10H7N5O/c1-2-4-9(15-5-11-12-6-15)8(3-1)10-14-13-7-16-10/h1-7H. The monoisotopic (exact) mass is 213 g/mol. The van der Waals surface area contributed by atoms with E-state index in [-0.39, 0.29) is 0 Å². The van der Waals surface area contributed by atoms with Gasteiger partial charge in [0.2, 0.25) is 12.3 Å². The van der Waals surface area contributed by atoms with Gasteiger partial charge in [0.05, 0.1) is 11.3 Å². The lowest BCUT2D eigenvalue weighted by Crippen LogP contribution is -1.93. The van der Waals surface area contributed by atoms with Gasteiger partial charge in [0.15, 0.2) is 0 Å². The fourth-order valence-corrected chi connectivity index (χ4v) is 1.50. The minimum absolute atomic E-state index is 0.476. The van der Waals surface area contributed by atoms with E-state index in [4.69, 9.17) is 4.42 Å². The Hall–Kier alpha value is -2.50. The average molecular weight is 213 g/mol. The lowest BCUT2D eigenvalue weighted by Gasteiger charge is -2.05. The fourth-order valence-electron chi connectivity index (χ4n) is 1.50. The van der Waals surface area contributed by atoms with E-state index in [1.54, 1.807) is 17.2 Å². The number of hydrogen-bond donors (Lipinski definition) is 0. The van der Waals surface area contributed by atoms with E-state index in [1.165, 1.54) is 6.39 Å². The van der Waals surface area contributed by atoms with Crippen LogP contribution in [-0.2, 0) is 0 Å². The molecule has 0 N–H and O–H groups in total. The lowest BCUT2D eigenvalue weighted by atomic mass is 10.2. The molecule has 0 fully saturated rings. The summed E-state index contributed by atoms with van der Waals surface area (Å²) in [6.07, 6.45) is 4.54. The number of aromatic nitrogens is 5. The Bertz CT molecular complexity index is 520. The minimum Gasteiger partial charge on any atom is -0.423 e. The highest BCUT2D eigenvalue weighted by molar-refractivity contribution is 5.65. The van der Waals surface area contributed by atoms with Crippen molar-refractivity contribution in [3.05, 3.63) is 43.3 Å². The van der Waals surface area contributed by atoms with Crippen molar-refractivity contribution >= 4 is 0 Å². The summed E-state index contributed by atoms with van der Waals surface area (Å²) < 4.78 is 6.97. The van der Waals surface area contributed by atoms with Gasteiger partial charge >= 0.3 is 0 Å². The van der Waals surface area contributed by atoms with E-state index in [0.29, 0.717) is 5.89 Å². The van der Waals surface area contributed by atoms with Crippen LogP contribution < -0.4 is 0 Å². The summed E-state index contributed by atoms with van der Waals surface area (Å²) >= 11 is 0. The molecule has 0 spiro atoms. The van der Waals surface area contributed by atoms with E-state index >= 15 is 0 Å². The first kappa shape index (κ1) is 8.78. The highest BCUT2D eigenvalue weighted by Gasteiger charge is 2.10. The maximum absolute atomic E-state index is 5.18. The second-order valence-electron chi connectivity index (χ2n) is 3.13. The topological polar surface area (TPSA) is 69.6 Å². The van der Waals surface area contributed by atoms with Crippen molar-refractivity contribution in [1.82, 2.24) is 25.0 Å². The number of nitrogens with zero attached hydrogens (tertiary/aromatic N) is 5. The van der Waals surface area contributed by atoms with E-state index in [1.807, 2.05) is 24.3 Å². The molecule has 0 bridgehead atoms. The number of para-hydroxylation sites is 1. The van der Waals surface area contributed by atoms with Crippen molar-refractivity contribution in [2.75, 3.05) is 0 Å². The third kappa shape index (κ3) is 1.36. The second kappa shape index (κ2) is 3.58. The van der Waals surface area contributed by atoms with Crippen molar-refractivity contribution in [2.24, 2.45) is 0 Å². The molecular weight excluding hydrogens is 206 g/mol. The summed E-state index contributed by atoms with van der Waals surface area (Å²) in [5.74, 6) is 0.476. The molecular formula is C10H7N5O. The first-order valence-electron chi connectivity index (χ1n) is 4.66. The van der Waals surface area contributed by atoms with Crippen molar-refractivity contribution in [2.45, 2.75) is 0 Å². The maximum atomic E-state index is 5.18. The Morgan fingerprint density at radius 3 is 2.56 bits per heavy atom. The molecule has 1 aromatic carbocycles. The SMILES string of the molecule is c1ccc(-n2cnnc2)c(-c2nnco2)c1. The molecule has 16 heavy (non-hydrogen) atoms.